The van der Waals surface area contributed by atoms with E-state index in [2.05, 4.69) is 6.92 Å². The SMILES string of the molecule is CCCCCCCCCCCCCCCCCCCCCCCCN(C)CC(=O)[O-].[Na+]. The van der Waals surface area contributed by atoms with Crippen LogP contribution in [0.3, 0.4) is 0 Å². The van der Waals surface area contributed by atoms with E-state index < -0.39 is 5.97 Å². The van der Waals surface area contributed by atoms with Crippen LogP contribution in [-0.4, -0.2) is 31.0 Å². The van der Waals surface area contributed by atoms with Gasteiger partial charge in [-0.15, -0.1) is 0 Å². The largest absolute Gasteiger partial charge is 1.00 e. The Morgan fingerprint density at radius 2 is 0.806 bits per heavy atom. The van der Waals surface area contributed by atoms with Crippen LogP contribution in [0, 0.1) is 0 Å². The van der Waals surface area contributed by atoms with Crippen LogP contribution in [0.4, 0.5) is 0 Å². The van der Waals surface area contributed by atoms with Crippen LogP contribution in [0.1, 0.15) is 148 Å². The zero-order valence-electron chi connectivity index (χ0n) is 21.7. The molecule has 0 aromatic carbocycles. The van der Waals surface area contributed by atoms with Crippen LogP contribution in [0.25, 0.3) is 0 Å². The summed E-state index contributed by atoms with van der Waals surface area (Å²) in [4.78, 5) is 12.3. The maximum absolute atomic E-state index is 10.5. The van der Waals surface area contributed by atoms with Gasteiger partial charge in [-0.1, -0.05) is 142 Å². The molecule has 0 heterocycles. The van der Waals surface area contributed by atoms with Gasteiger partial charge in [-0.25, -0.2) is 0 Å². The summed E-state index contributed by atoms with van der Waals surface area (Å²) in [5, 5.41) is 10.5. The van der Waals surface area contributed by atoms with E-state index in [-0.39, 0.29) is 36.1 Å². The van der Waals surface area contributed by atoms with E-state index >= 15 is 0 Å². The van der Waals surface area contributed by atoms with Gasteiger partial charge < -0.3 is 14.8 Å². The van der Waals surface area contributed by atoms with Gasteiger partial charge in [0.1, 0.15) is 0 Å². The van der Waals surface area contributed by atoms with Gasteiger partial charge in [-0.3, -0.25) is 0 Å². The summed E-state index contributed by atoms with van der Waals surface area (Å²) in [6, 6.07) is 0. The molecule has 0 aliphatic carbocycles. The number of unbranched alkanes of at least 4 members (excludes halogenated alkanes) is 21. The van der Waals surface area contributed by atoms with Crippen molar-refractivity contribution in [3.63, 3.8) is 0 Å². The van der Waals surface area contributed by atoms with Gasteiger partial charge in [0.25, 0.3) is 0 Å². The quantitative estimate of drug-likeness (QED) is 0.155. The molecule has 0 saturated carbocycles. The molecule has 180 valence electrons. The van der Waals surface area contributed by atoms with Gasteiger partial charge in [0, 0.05) is 6.54 Å². The summed E-state index contributed by atoms with van der Waals surface area (Å²) < 4.78 is 0. The van der Waals surface area contributed by atoms with E-state index in [1.807, 2.05) is 11.9 Å². The van der Waals surface area contributed by atoms with Gasteiger partial charge >= 0.3 is 29.6 Å². The van der Waals surface area contributed by atoms with Gasteiger partial charge in [-0.05, 0) is 20.0 Å². The molecule has 0 atom stereocenters. The smallest absolute Gasteiger partial charge is 0.549 e. The van der Waals surface area contributed by atoms with Gasteiger partial charge in [0.2, 0.25) is 0 Å². The van der Waals surface area contributed by atoms with Crippen molar-refractivity contribution >= 4 is 5.97 Å². The summed E-state index contributed by atoms with van der Waals surface area (Å²) in [6.07, 6.45) is 30.8. The third-order valence-electron chi connectivity index (χ3n) is 6.29. The molecule has 0 bridgehead atoms. The number of aliphatic carboxylic acids is 1. The average Bonchev–Trinajstić information content (AvgIpc) is 2.71. The Morgan fingerprint density at radius 1 is 0.548 bits per heavy atom. The number of rotatable bonds is 25. The molecule has 0 rings (SSSR count). The molecule has 0 aliphatic rings. The van der Waals surface area contributed by atoms with Crippen molar-refractivity contribution in [1.82, 2.24) is 4.90 Å². The van der Waals surface area contributed by atoms with Crippen LogP contribution in [-0.2, 0) is 4.79 Å². The van der Waals surface area contributed by atoms with E-state index in [0.717, 1.165) is 13.0 Å². The van der Waals surface area contributed by atoms with E-state index in [1.54, 1.807) is 0 Å². The zero-order chi connectivity index (χ0) is 22.1. The van der Waals surface area contributed by atoms with Crippen molar-refractivity contribution in [1.29, 1.82) is 0 Å². The molecule has 0 fully saturated rings. The van der Waals surface area contributed by atoms with Gasteiger partial charge in [0.15, 0.2) is 0 Å². The fourth-order valence-corrected chi connectivity index (χ4v) is 4.29. The first-order valence-electron chi connectivity index (χ1n) is 13.5. The van der Waals surface area contributed by atoms with Crippen molar-refractivity contribution in [3.05, 3.63) is 0 Å². The zero-order valence-corrected chi connectivity index (χ0v) is 23.7. The summed E-state index contributed by atoms with van der Waals surface area (Å²) in [6.45, 7) is 3.21. The number of hydrogen-bond acceptors (Lipinski definition) is 3. The molecular weight excluding hydrogens is 393 g/mol. The second-order valence-electron chi connectivity index (χ2n) is 9.53. The van der Waals surface area contributed by atoms with Crippen molar-refractivity contribution in [2.75, 3.05) is 20.1 Å². The summed E-state index contributed by atoms with van der Waals surface area (Å²) in [7, 11) is 1.85. The van der Waals surface area contributed by atoms with E-state index in [9.17, 15) is 9.90 Å². The second-order valence-corrected chi connectivity index (χ2v) is 9.53. The third kappa shape index (κ3) is 30.4. The molecule has 0 aliphatic heterocycles. The van der Waals surface area contributed by atoms with Crippen molar-refractivity contribution < 1.29 is 39.5 Å². The molecule has 0 aromatic heterocycles. The molecule has 3 nitrogen and oxygen atoms in total. The molecule has 0 spiro atoms. The topological polar surface area (TPSA) is 43.4 Å². The van der Waals surface area contributed by atoms with E-state index in [0.29, 0.717) is 0 Å². The number of hydrogen-bond donors (Lipinski definition) is 0. The molecule has 0 aromatic rings. The predicted molar refractivity (Wildman–Crippen MR) is 130 cm³/mol. The van der Waals surface area contributed by atoms with Crippen LogP contribution >= 0.6 is 0 Å². The maximum Gasteiger partial charge on any atom is 1.00 e. The molecule has 0 saturated heterocycles. The Morgan fingerprint density at radius 3 is 1.06 bits per heavy atom. The number of likely N-dealkylation sites (N-methyl/N-ethyl adjacent to an activating group) is 1. The van der Waals surface area contributed by atoms with Crippen LogP contribution < -0.4 is 34.7 Å². The van der Waals surface area contributed by atoms with Gasteiger partial charge in [0.05, 0.1) is 5.97 Å². The molecule has 31 heavy (non-hydrogen) atoms. The van der Waals surface area contributed by atoms with Crippen molar-refractivity contribution in [2.24, 2.45) is 0 Å². The molecule has 0 N–H and O–H groups in total. The first kappa shape index (κ1) is 33.6. The Bertz CT molecular complexity index is 352. The first-order valence-corrected chi connectivity index (χ1v) is 13.5. The summed E-state index contributed by atoms with van der Waals surface area (Å²) >= 11 is 0. The molecule has 0 unspecified atom stereocenters. The van der Waals surface area contributed by atoms with E-state index in [1.165, 1.54) is 135 Å². The minimum absolute atomic E-state index is 0. The van der Waals surface area contributed by atoms with E-state index in [4.69, 9.17) is 0 Å². The minimum atomic E-state index is -0.976. The normalized spacial score (nSPS) is 11.1. The number of carboxylic acid groups (broad SMARTS) is 1. The number of carbonyl (C=O) groups excluding carboxylic acids is 1. The summed E-state index contributed by atoms with van der Waals surface area (Å²) in [5.41, 5.74) is 0. The fraction of sp³-hybridized carbons (Fsp3) is 0.963. The second kappa shape index (κ2) is 28.5. The predicted octanol–water partition coefficient (Wildman–Crippen LogP) is 4.27. The Labute approximate surface area is 217 Å². The number of nitrogens with zero attached hydrogens (tertiary/aromatic N) is 1. The molecule has 0 radical (unpaired) electrons. The fourth-order valence-electron chi connectivity index (χ4n) is 4.29. The Balaban J connectivity index is 0. The monoisotopic (exact) mass is 447 g/mol. The minimum Gasteiger partial charge on any atom is -0.549 e. The van der Waals surface area contributed by atoms with Gasteiger partial charge in [-0.2, -0.15) is 0 Å². The standard InChI is InChI=1S/C27H55NO2.Na/c1-3-4-5-6-7-8-9-10-11-12-13-14-15-16-17-18-19-20-21-22-23-24-25-28(2)26-27(29)30;/h3-26H2,1-2H3,(H,29,30);/q;+1/p-1. The Kier molecular flexibility index (Phi) is 30.9. The number of carboxylic acids is 1. The van der Waals surface area contributed by atoms with Crippen molar-refractivity contribution in [3.8, 4) is 0 Å². The van der Waals surface area contributed by atoms with Crippen molar-refractivity contribution in [2.45, 2.75) is 148 Å². The molecule has 0 amide bonds. The maximum atomic E-state index is 10.5. The number of carbonyl (C=O) groups is 1. The molecular formula is C27H54NNaO2. The van der Waals surface area contributed by atoms with Crippen LogP contribution in [0.2, 0.25) is 0 Å². The Hall–Kier alpha value is 0.430. The van der Waals surface area contributed by atoms with Crippen LogP contribution in [0.5, 0.6) is 0 Å². The molecule has 4 heteroatoms. The van der Waals surface area contributed by atoms with Crippen LogP contribution in [0.15, 0.2) is 0 Å². The first-order chi connectivity index (χ1) is 14.7. The third-order valence-corrected chi connectivity index (χ3v) is 6.29. The average molecular weight is 448 g/mol. The summed E-state index contributed by atoms with van der Waals surface area (Å²) in [5.74, 6) is -0.976.